The van der Waals surface area contributed by atoms with E-state index in [-0.39, 0.29) is 5.82 Å². The number of fused-ring (bicyclic) bond motifs is 1. The molecule has 2 aliphatic rings. The monoisotopic (exact) mass is 461 g/mol. The summed E-state index contributed by atoms with van der Waals surface area (Å²) in [6, 6.07) is 10.4. The Labute approximate surface area is 196 Å². The lowest BCUT2D eigenvalue weighted by Crippen LogP contribution is -2.36. The van der Waals surface area contributed by atoms with Crippen LogP contribution in [-0.2, 0) is 9.47 Å². The van der Waals surface area contributed by atoms with Gasteiger partial charge in [0.25, 0.3) is 0 Å². The third-order valence-corrected chi connectivity index (χ3v) is 6.26. The van der Waals surface area contributed by atoms with E-state index < -0.39 is 0 Å². The van der Waals surface area contributed by atoms with E-state index in [4.69, 9.17) is 18.9 Å². The molecule has 0 amide bonds. The lowest BCUT2D eigenvalue weighted by atomic mass is 9.99. The number of rotatable bonds is 4. The first kappa shape index (κ1) is 21.0. The van der Waals surface area contributed by atoms with Crippen molar-refractivity contribution in [3.8, 4) is 22.5 Å². The van der Waals surface area contributed by atoms with Crippen molar-refractivity contribution in [2.24, 2.45) is 0 Å². The van der Waals surface area contributed by atoms with Gasteiger partial charge < -0.3 is 23.7 Å². The second-order valence-corrected chi connectivity index (χ2v) is 8.29. The molecule has 0 radical (unpaired) electrons. The van der Waals surface area contributed by atoms with Crippen molar-refractivity contribution in [3.05, 3.63) is 54.7 Å². The van der Waals surface area contributed by atoms with Crippen molar-refractivity contribution < 1.29 is 18.3 Å². The van der Waals surface area contributed by atoms with Gasteiger partial charge in [-0.15, -0.1) is 0 Å². The zero-order chi connectivity index (χ0) is 22.9. The van der Waals surface area contributed by atoms with Crippen molar-refractivity contribution >= 4 is 22.7 Å². The van der Waals surface area contributed by atoms with Crippen LogP contribution in [0.3, 0.4) is 0 Å². The lowest BCUT2D eigenvalue weighted by molar-refractivity contribution is 0.122. The van der Waals surface area contributed by atoms with Gasteiger partial charge in [-0.1, -0.05) is 12.1 Å². The van der Waals surface area contributed by atoms with Crippen LogP contribution in [0.4, 0.5) is 16.0 Å². The molecule has 8 nitrogen and oxygen atoms in total. The van der Waals surface area contributed by atoms with Gasteiger partial charge in [0, 0.05) is 43.5 Å². The van der Waals surface area contributed by atoms with E-state index in [1.807, 2.05) is 18.3 Å². The van der Waals surface area contributed by atoms with Gasteiger partial charge in [-0.05, 0) is 29.8 Å². The number of pyridine rings is 1. The largest absolute Gasteiger partial charge is 0.437 e. The van der Waals surface area contributed by atoms with E-state index in [2.05, 4.69) is 19.8 Å². The van der Waals surface area contributed by atoms with Gasteiger partial charge in [-0.25, -0.2) is 19.3 Å². The second kappa shape index (κ2) is 9.00. The van der Waals surface area contributed by atoms with E-state index in [0.717, 1.165) is 59.9 Å². The Morgan fingerprint density at radius 3 is 2.09 bits per heavy atom. The summed E-state index contributed by atoms with van der Waals surface area (Å²) in [5.41, 5.74) is 2.97. The van der Waals surface area contributed by atoms with Gasteiger partial charge in [-0.3, -0.25) is 0 Å². The summed E-state index contributed by atoms with van der Waals surface area (Å²) in [6.07, 6.45) is 3.34. The lowest BCUT2D eigenvalue weighted by Gasteiger charge is -2.28. The predicted octanol–water partition coefficient (Wildman–Crippen LogP) is 3.76. The molecule has 0 N–H and O–H groups in total. The van der Waals surface area contributed by atoms with E-state index in [1.165, 1.54) is 18.5 Å². The number of ether oxygens (including phenoxy) is 2. The van der Waals surface area contributed by atoms with E-state index in [0.29, 0.717) is 37.9 Å². The number of benzene rings is 1. The van der Waals surface area contributed by atoms with Gasteiger partial charge in [-0.2, -0.15) is 0 Å². The van der Waals surface area contributed by atoms with E-state index >= 15 is 0 Å². The number of aromatic nitrogens is 3. The van der Waals surface area contributed by atoms with Crippen LogP contribution >= 0.6 is 0 Å². The highest BCUT2D eigenvalue weighted by molar-refractivity contribution is 6.06. The summed E-state index contributed by atoms with van der Waals surface area (Å²) in [6.45, 7) is 5.75. The zero-order valence-corrected chi connectivity index (χ0v) is 18.6. The van der Waals surface area contributed by atoms with Crippen molar-refractivity contribution in [2.75, 3.05) is 62.4 Å². The minimum atomic E-state index is -0.292. The molecule has 0 spiro atoms. The third-order valence-electron chi connectivity index (χ3n) is 6.26. The molecule has 2 saturated heterocycles. The Morgan fingerprint density at radius 1 is 0.735 bits per heavy atom. The molecule has 0 bridgehead atoms. The standard InChI is InChI=1S/C25H24FN5O3/c26-19-4-1-17(2-5-19)21-22-24(31-9-13-33-14-10-31)28-16-29-25(22)34-23(21)18-3-6-20(27-15-18)30-7-11-32-12-8-30/h1-6,15-16H,7-14H2. The smallest absolute Gasteiger partial charge is 0.232 e. The Kier molecular flexibility index (Phi) is 5.56. The summed E-state index contributed by atoms with van der Waals surface area (Å²) >= 11 is 0. The number of nitrogens with zero attached hydrogens (tertiary/aromatic N) is 5. The van der Waals surface area contributed by atoms with Crippen LogP contribution in [0.2, 0.25) is 0 Å². The van der Waals surface area contributed by atoms with Gasteiger partial charge in [0.15, 0.2) is 0 Å². The molecule has 5 heterocycles. The average Bonchev–Trinajstić information content (AvgIpc) is 3.30. The van der Waals surface area contributed by atoms with Gasteiger partial charge in [0.05, 0.1) is 31.8 Å². The van der Waals surface area contributed by atoms with Crippen LogP contribution in [0.5, 0.6) is 0 Å². The first-order valence-electron chi connectivity index (χ1n) is 11.4. The number of hydrogen-bond donors (Lipinski definition) is 0. The molecule has 0 atom stereocenters. The van der Waals surface area contributed by atoms with Crippen LogP contribution in [0.15, 0.2) is 53.3 Å². The molecule has 9 heteroatoms. The highest BCUT2D eigenvalue weighted by Gasteiger charge is 2.26. The first-order chi connectivity index (χ1) is 16.8. The van der Waals surface area contributed by atoms with Crippen LogP contribution in [0.25, 0.3) is 33.6 Å². The fourth-order valence-corrected chi connectivity index (χ4v) is 4.53. The van der Waals surface area contributed by atoms with Crippen molar-refractivity contribution in [2.45, 2.75) is 0 Å². The molecular formula is C25H24FN5O3. The molecule has 2 aliphatic heterocycles. The number of furan rings is 1. The van der Waals surface area contributed by atoms with Gasteiger partial charge in [0.2, 0.25) is 5.71 Å². The average molecular weight is 461 g/mol. The van der Waals surface area contributed by atoms with Gasteiger partial charge in [0.1, 0.15) is 29.5 Å². The Morgan fingerprint density at radius 2 is 1.41 bits per heavy atom. The van der Waals surface area contributed by atoms with Crippen molar-refractivity contribution in [3.63, 3.8) is 0 Å². The molecule has 1 aromatic carbocycles. The molecule has 2 fully saturated rings. The molecule has 174 valence electrons. The Hall–Kier alpha value is -3.56. The summed E-state index contributed by atoms with van der Waals surface area (Å²) in [5.74, 6) is 2.04. The molecule has 4 aromatic rings. The van der Waals surface area contributed by atoms with Crippen LogP contribution in [0.1, 0.15) is 0 Å². The van der Waals surface area contributed by atoms with Crippen LogP contribution < -0.4 is 9.80 Å². The molecule has 6 rings (SSSR count). The maximum absolute atomic E-state index is 13.8. The molecule has 3 aromatic heterocycles. The normalized spacial score (nSPS) is 16.9. The minimum Gasteiger partial charge on any atom is -0.437 e. The molecule has 34 heavy (non-hydrogen) atoms. The second-order valence-electron chi connectivity index (χ2n) is 8.29. The van der Waals surface area contributed by atoms with Crippen molar-refractivity contribution in [1.29, 1.82) is 0 Å². The van der Waals surface area contributed by atoms with Crippen molar-refractivity contribution in [1.82, 2.24) is 15.0 Å². The number of halogens is 1. The first-order valence-corrected chi connectivity index (χ1v) is 11.4. The van der Waals surface area contributed by atoms with Crippen LogP contribution in [0, 0.1) is 5.82 Å². The quantitative estimate of drug-likeness (QED) is 0.455. The topological polar surface area (TPSA) is 76.8 Å². The number of hydrogen-bond acceptors (Lipinski definition) is 8. The molecule has 0 unspecified atom stereocenters. The Bertz CT molecular complexity index is 1280. The maximum atomic E-state index is 13.8. The minimum absolute atomic E-state index is 0.292. The molecule has 0 saturated carbocycles. The molecular weight excluding hydrogens is 437 g/mol. The Balaban J connectivity index is 1.49. The highest BCUT2D eigenvalue weighted by atomic mass is 19.1. The summed E-state index contributed by atoms with van der Waals surface area (Å²) in [4.78, 5) is 18.1. The SMILES string of the molecule is Fc1ccc(-c2c(-c3ccc(N4CCOCC4)nc3)oc3ncnc(N4CCOCC4)c23)cc1. The highest BCUT2D eigenvalue weighted by Crippen LogP contribution is 2.43. The maximum Gasteiger partial charge on any atom is 0.232 e. The zero-order valence-electron chi connectivity index (χ0n) is 18.6. The van der Waals surface area contributed by atoms with E-state index in [9.17, 15) is 4.39 Å². The third kappa shape index (κ3) is 3.86. The van der Waals surface area contributed by atoms with E-state index in [1.54, 1.807) is 12.1 Å². The summed E-state index contributed by atoms with van der Waals surface area (Å²) < 4.78 is 31.0. The van der Waals surface area contributed by atoms with Gasteiger partial charge >= 0.3 is 0 Å². The summed E-state index contributed by atoms with van der Waals surface area (Å²) in [5, 5.41) is 0.809. The van der Waals surface area contributed by atoms with Crippen LogP contribution in [-0.4, -0.2) is 67.6 Å². The predicted molar refractivity (Wildman–Crippen MR) is 126 cm³/mol. The number of morpholine rings is 2. The fourth-order valence-electron chi connectivity index (χ4n) is 4.53. The summed E-state index contributed by atoms with van der Waals surface area (Å²) in [7, 11) is 0. The fraction of sp³-hybridized carbons (Fsp3) is 0.320. The molecule has 0 aliphatic carbocycles. The number of anilines is 2.